The Balaban J connectivity index is 2.04. The Morgan fingerprint density at radius 1 is 0.833 bits per heavy atom. The van der Waals surface area contributed by atoms with E-state index in [2.05, 4.69) is 0 Å². The standard InChI is InChI=1S/C19H23NO4/c21-12-15-18(23)19(24)16(22)11-20(15)17(13-7-3-1-4-8-13)14-9-5-2-6-10-14/h1-10,15-19,21-24H,11-12H2. The third-order valence-electron chi connectivity index (χ3n) is 4.71. The number of likely N-dealkylation sites (tertiary alicyclic amines) is 1. The Labute approximate surface area is 141 Å². The lowest BCUT2D eigenvalue weighted by Gasteiger charge is -2.47. The largest absolute Gasteiger partial charge is 0.395 e. The van der Waals surface area contributed by atoms with Crippen LogP contribution in [-0.4, -0.2) is 62.8 Å². The van der Waals surface area contributed by atoms with E-state index in [1.54, 1.807) is 0 Å². The van der Waals surface area contributed by atoms with Gasteiger partial charge in [-0.1, -0.05) is 60.7 Å². The monoisotopic (exact) mass is 329 g/mol. The summed E-state index contributed by atoms with van der Waals surface area (Å²) in [7, 11) is 0. The molecule has 1 aliphatic rings. The van der Waals surface area contributed by atoms with Crippen LogP contribution < -0.4 is 0 Å². The highest BCUT2D eigenvalue weighted by Gasteiger charge is 2.44. The summed E-state index contributed by atoms with van der Waals surface area (Å²) >= 11 is 0. The number of hydrogen-bond donors (Lipinski definition) is 4. The van der Waals surface area contributed by atoms with Crippen molar-refractivity contribution < 1.29 is 20.4 Å². The third kappa shape index (κ3) is 3.22. The topological polar surface area (TPSA) is 84.2 Å². The summed E-state index contributed by atoms with van der Waals surface area (Å²) in [6.07, 6.45) is -3.54. The summed E-state index contributed by atoms with van der Waals surface area (Å²) in [6, 6.07) is 18.6. The molecule has 0 aromatic heterocycles. The van der Waals surface area contributed by atoms with E-state index in [1.165, 1.54) is 0 Å². The van der Waals surface area contributed by atoms with Gasteiger partial charge in [0.1, 0.15) is 12.2 Å². The van der Waals surface area contributed by atoms with Crippen LogP contribution >= 0.6 is 0 Å². The van der Waals surface area contributed by atoms with Gasteiger partial charge in [0.25, 0.3) is 0 Å². The van der Waals surface area contributed by atoms with Crippen molar-refractivity contribution in [2.45, 2.75) is 30.4 Å². The molecule has 0 aliphatic carbocycles. The van der Waals surface area contributed by atoms with Crippen molar-refractivity contribution in [2.24, 2.45) is 0 Å². The van der Waals surface area contributed by atoms with Gasteiger partial charge in [-0.15, -0.1) is 0 Å². The van der Waals surface area contributed by atoms with Crippen molar-refractivity contribution in [2.75, 3.05) is 13.2 Å². The number of hydrogen-bond acceptors (Lipinski definition) is 5. The lowest BCUT2D eigenvalue weighted by Crippen LogP contribution is -2.63. The first-order valence-corrected chi connectivity index (χ1v) is 8.14. The summed E-state index contributed by atoms with van der Waals surface area (Å²) < 4.78 is 0. The molecule has 4 unspecified atom stereocenters. The Morgan fingerprint density at radius 3 is 1.79 bits per heavy atom. The molecule has 0 radical (unpaired) electrons. The van der Waals surface area contributed by atoms with Crippen LogP contribution in [0.1, 0.15) is 17.2 Å². The molecule has 24 heavy (non-hydrogen) atoms. The first-order chi connectivity index (χ1) is 11.6. The molecule has 3 rings (SSSR count). The molecule has 0 amide bonds. The molecule has 0 bridgehead atoms. The molecular formula is C19H23NO4. The zero-order chi connectivity index (χ0) is 17.1. The van der Waals surface area contributed by atoms with E-state index in [0.717, 1.165) is 11.1 Å². The van der Waals surface area contributed by atoms with Gasteiger partial charge in [0.2, 0.25) is 0 Å². The van der Waals surface area contributed by atoms with Gasteiger partial charge in [-0.3, -0.25) is 4.90 Å². The van der Waals surface area contributed by atoms with Crippen LogP contribution in [0, 0.1) is 0 Å². The van der Waals surface area contributed by atoms with Crippen LogP contribution in [0.5, 0.6) is 0 Å². The number of rotatable bonds is 4. The maximum Gasteiger partial charge on any atom is 0.109 e. The quantitative estimate of drug-likeness (QED) is 0.658. The van der Waals surface area contributed by atoms with Crippen LogP contribution in [0.15, 0.2) is 60.7 Å². The second-order valence-electron chi connectivity index (χ2n) is 6.22. The van der Waals surface area contributed by atoms with Crippen LogP contribution in [0.3, 0.4) is 0 Å². The molecule has 5 heteroatoms. The minimum absolute atomic E-state index is 0.165. The average Bonchev–Trinajstić information content (AvgIpc) is 2.62. The molecule has 128 valence electrons. The van der Waals surface area contributed by atoms with Crippen molar-refractivity contribution in [3.05, 3.63) is 71.8 Å². The predicted octanol–water partition coefficient (Wildman–Crippen LogP) is 0.535. The molecule has 1 saturated heterocycles. The fourth-order valence-corrected chi connectivity index (χ4v) is 3.47. The van der Waals surface area contributed by atoms with Crippen LogP contribution in [0.4, 0.5) is 0 Å². The van der Waals surface area contributed by atoms with Crippen molar-refractivity contribution >= 4 is 0 Å². The second-order valence-corrected chi connectivity index (χ2v) is 6.22. The highest BCUT2D eigenvalue weighted by molar-refractivity contribution is 5.32. The summed E-state index contributed by atoms with van der Waals surface area (Å²) in [5.41, 5.74) is 2.00. The fraction of sp³-hybridized carbons (Fsp3) is 0.368. The number of aliphatic hydroxyl groups excluding tert-OH is 4. The first kappa shape index (κ1) is 17.1. The van der Waals surface area contributed by atoms with E-state index >= 15 is 0 Å². The number of piperidine rings is 1. The van der Waals surface area contributed by atoms with E-state index in [1.807, 2.05) is 65.6 Å². The average molecular weight is 329 g/mol. The van der Waals surface area contributed by atoms with Crippen LogP contribution in [-0.2, 0) is 0 Å². The molecule has 4 N–H and O–H groups in total. The van der Waals surface area contributed by atoms with E-state index < -0.39 is 24.4 Å². The summed E-state index contributed by atoms with van der Waals surface area (Å²) in [6.45, 7) is -0.140. The Hall–Kier alpha value is -1.76. The Morgan fingerprint density at radius 2 is 1.33 bits per heavy atom. The molecule has 0 saturated carbocycles. The highest BCUT2D eigenvalue weighted by atomic mass is 16.4. The number of benzene rings is 2. The minimum Gasteiger partial charge on any atom is -0.395 e. The maximum absolute atomic E-state index is 10.3. The van der Waals surface area contributed by atoms with Gasteiger partial charge in [-0.2, -0.15) is 0 Å². The van der Waals surface area contributed by atoms with Crippen LogP contribution in [0.25, 0.3) is 0 Å². The van der Waals surface area contributed by atoms with E-state index in [4.69, 9.17) is 0 Å². The fourth-order valence-electron chi connectivity index (χ4n) is 3.47. The Bertz CT molecular complexity index is 597. The predicted molar refractivity (Wildman–Crippen MR) is 90.3 cm³/mol. The van der Waals surface area contributed by atoms with Crippen molar-refractivity contribution in [1.29, 1.82) is 0 Å². The van der Waals surface area contributed by atoms with Gasteiger partial charge in [0.15, 0.2) is 0 Å². The molecule has 5 nitrogen and oxygen atoms in total. The lowest BCUT2D eigenvalue weighted by atomic mass is 9.88. The van der Waals surface area contributed by atoms with Gasteiger partial charge < -0.3 is 20.4 Å². The van der Waals surface area contributed by atoms with Crippen molar-refractivity contribution in [3.8, 4) is 0 Å². The van der Waals surface area contributed by atoms with Gasteiger partial charge in [-0.05, 0) is 11.1 Å². The van der Waals surface area contributed by atoms with Gasteiger partial charge in [0.05, 0.1) is 24.8 Å². The molecule has 0 spiro atoms. The molecule has 1 heterocycles. The molecular weight excluding hydrogens is 306 g/mol. The zero-order valence-corrected chi connectivity index (χ0v) is 13.3. The lowest BCUT2D eigenvalue weighted by molar-refractivity contribution is -0.151. The molecule has 1 fully saturated rings. The first-order valence-electron chi connectivity index (χ1n) is 8.14. The smallest absolute Gasteiger partial charge is 0.109 e. The van der Waals surface area contributed by atoms with Crippen molar-refractivity contribution in [1.82, 2.24) is 4.90 Å². The normalized spacial score (nSPS) is 28.2. The number of nitrogens with zero attached hydrogens (tertiary/aromatic N) is 1. The van der Waals surface area contributed by atoms with Gasteiger partial charge in [0, 0.05) is 6.54 Å². The highest BCUT2D eigenvalue weighted by Crippen LogP contribution is 2.34. The summed E-state index contributed by atoms with van der Waals surface area (Å²) in [5.74, 6) is 0. The van der Waals surface area contributed by atoms with Crippen molar-refractivity contribution in [3.63, 3.8) is 0 Å². The summed E-state index contributed by atoms with van der Waals surface area (Å²) in [4.78, 5) is 1.87. The molecule has 2 aromatic rings. The van der Waals surface area contributed by atoms with E-state index in [-0.39, 0.29) is 19.2 Å². The van der Waals surface area contributed by atoms with E-state index in [0.29, 0.717) is 0 Å². The molecule has 1 aliphatic heterocycles. The van der Waals surface area contributed by atoms with Crippen LogP contribution in [0.2, 0.25) is 0 Å². The molecule has 4 atom stereocenters. The Kier molecular flexibility index (Phi) is 5.28. The maximum atomic E-state index is 10.3. The summed E-state index contributed by atoms with van der Waals surface area (Å²) in [5, 5.41) is 40.2. The van der Waals surface area contributed by atoms with Gasteiger partial charge >= 0.3 is 0 Å². The van der Waals surface area contributed by atoms with E-state index in [9.17, 15) is 20.4 Å². The number of aliphatic hydroxyl groups is 4. The molecule has 2 aromatic carbocycles. The number of β-amino-alcohol motifs (C(OH)–C–C–N with tert-alkyl or cyclic N) is 1. The zero-order valence-electron chi connectivity index (χ0n) is 13.3. The third-order valence-corrected chi connectivity index (χ3v) is 4.71. The SMILES string of the molecule is OCC1C(O)C(O)C(O)CN1C(c1ccccc1)c1ccccc1. The van der Waals surface area contributed by atoms with Gasteiger partial charge in [-0.25, -0.2) is 0 Å². The second kappa shape index (κ2) is 7.42. The minimum atomic E-state index is -1.26.